The molecule has 1 aliphatic rings. The van der Waals surface area contributed by atoms with Crippen LogP contribution in [0.1, 0.15) is 33.1 Å². The number of hydrogen-bond donors (Lipinski definition) is 1. The predicted molar refractivity (Wildman–Crippen MR) is 81.1 cm³/mol. The molecule has 1 aromatic carbocycles. The normalized spacial score (nSPS) is 16.6. The molecule has 0 aliphatic carbocycles. The van der Waals surface area contributed by atoms with Crippen LogP contribution in [0.4, 0.5) is 5.69 Å². The summed E-state index contributed by atoms with van der Waals surface area (Å²) >= 11 is 0. The third kappa shape index (κ3) is 4.13. The highest BCUT2D eigenvalue weighted by Crippen LogP contribution is 2.24. The molecule has 0 aromatic heterocycles. The first kappa shape index (κ1) is 14.2. The molecule has 2 rings (SSSR count). The Kier molecular flexibility index (Phi) is 5.52. The van der Waals surface area contributed by atoms with Crippen LogP contribution in [0.3, 0.4) is 0 Å². The van der Waals surface area contributed by atoms with Crippen LogP contribution in [-0.2, 0) is 0 Å². The number of benzene rings is 1. The third-order valence-electron chi connectivity index (χ3n) is 3.67. The van der Waals surface area contributed by atoms with Gasteiger partial charge in [-0.1, -0.05) is 13.0 Å². The molecule has 1 fully saturated rings. The Balaban J connectivity index is 1.88. The summed E-state index contributed by atoms with van der Waals surface area (Å²) in [5.74, 6) is 0.978. The van der Waals surface area contributed by atoms with Gasteiger partial charge in [-0.2, -0.15) is 0 Å². The SMILES string of the molecule is CCCNC1CCN(c2cccc(OCC)c2)CC1. The summed E-state index contributed by atoms with van der Waals surface area (Å²) in [5, 5.41) is 3.62. The number of nitrogens with zero attached hydrogens (tertiary/aromatic N) is 1. The van der Waals surface area contributed by atoms with Crippen LogP contribution in [0.25, 0.3) is 0 Å². The van der Waals surface area contributed by atoms with E-state index in [0.717, 1.165) is 32.0 Å². The lowest BCUT2D eigenvalue weighted by Gasteiger charge is -2.34. The van der Waals surface area contributed by atoms with Crippen molar-refractivity contribution in [2.75, 3.05) is 31.1 Å². The fraction of sp³-hybridized carbons (Fsp3) is 0.625. The maximum atomic E-state index is 5.57. The van der Waals surface area contributed by atoms with E-state index in [1.165, 1.54) is 24.9 Å². The Hall–Kier alpha value is -1.22. The van der Waals surface area contributed by atoms with E-state index < -0.39 is 0 Å². The average molecular weight is 262 g/mol. The quantitative estimate of drug-likeness (QED) is 0.853. The zero-order valence-corrected chi connectivity index (χ0v) is 12.2. The molecule has 1 aliphatic heterocycles. The molecule has 1 heterocycles. The molecule has 3 nitrogen and oxygen atoms in total. The van der Waals surface area contributed by atoms with E-state index in [-0.39, 0.29) is 0 Å². The topological polar surface area (TPSA) is 24.5 Å². The third-order valence-corrected chi connectivity index (χ3v) is 3.67. The number of nitrogens with one attached hydrogen (secondary N) is 1. The van der Waals surface area contributed by atoms with Crippen LogP contribution in [-0.4, -0.2) is 32.3 Å². The number of ether oxygens (including phenoxy) is 1. The van der Waals surface area contributed by atoms with E-state index in [1.54, 1.807) is 0 Å². The van der Waals surface area contributed by atoms with Gasteiger partial charge in [-0.25, -0.2) is 0 Å². The first-order chi connectivity index (χ1) is 9.33. The summed E-state index contributed by atoms with van der Waals surface area (Å²) in [6.07, 6.45) is 3.69. The molecule has 0 atom stereocenters. The smallest absolute Gasteiger partial charge is 0.121 e. The second-order valence-electron chi connectivity index (χ2n) is 5.15. The maximum Gasteiger partial charge on any atom is 0.121 e. The van der Waals surface area contributed by atoms with Crippen molar-refractivity contribution in [2.45, 2.75) is 39.2 Å². The van der Waals surface area contributed by atoms with Gasteiger partial charge in [0.2, 0.25) is 0 Å². The summed E-state index contributed by atoms with van der Waals surface area (Å²) in [5.41, 5.74) is 1.29. The Bertz CT molecular complexity index is 373. The van der Waals surface area contributed by atoms with Crippen molar-refractivity contribution in [2.24, 2.45) is 0 Å². The molecule has 1 aromatic rings. The van der Waals surface area contributed by atoms with Crippen LogP contribution in [0.2, 0.25) is 0 Å². The van der Waals surface area contributed by atoms with Gasteiger partial charge >= 0.3 is 0 Å². The Labute approximate surface area is 116 Å². The first-order valence-electron chi connectivity index (χ1n) is 7.54. The molecule has 0 bridgehead atoms. The van der Waals surface area contributed by atoms with E-state index in [0.29, 0.717) is 6.04 Å². The second-order valence-corrected chi connectivity index (χ2v) is 5.15. The largest absolute Gasteiger partial charge is 0.494 e. The van der Waals surface area contributed by atoms with Crippen LogP contribution < -0.4 is 15.0 Å². The molecule has 106 valence electrons. The molecule has 0 spiro atoms. The van der Waals surface area contributed by atoms with Crippen LogP contribution in [0.15, 0.2) is 24.3 Å². The molecule has 0 radical (unpaired) electrons. The minimum Gasteiger partial charge on any atom is -0.494 e. The number of anilines is 1. The lowest BCUT2D eigenvalue weighted by molar-refractivity contribution is 0.340. The Morgan fingerprint density at radius 1 is 1.26 bits per heavy atom. The van der Waals surface area contributed by atoms with E-state index in [1.807, 2.05) is 13.0 Å². The van der Waals surface area contributed by atoms with Gasteiger partial charge in [0.1, 0.15) is 5.75 Å². The first-order valence-corrected chi connectivity index (χ1v) is 7.54. The van der Waals surface area contributed by atoms with Crippen LogP contribution >= 0.6 is 0 Å². The van der Waals surface area contributed by atoms with Crippen molar-refractivity contribution >= 4 is 5.69 Å². The van der Waals surface area contributed by atoms with Gasteiger partial charge in [-0.3, -0.25) is 0 Å². The molecule has 1 N–H and O–H groups in total. The average Bonchev–Trinajstić information content (AvgIpc) is 2.46. The lowest BCUT2D eigenvalue weighted by atomic mass is 10.0. The number of hydrogen-bond acceptors (Lipinski definition) is 3. The highest BCUT2D eigenvalue weighted by atomic mass is 16.5. The van der Waals surface area contributed by atoms with E-state index in [9.17, 15) is 0 Å². The highest BCUT2D eigenvalue weighted by Gasteiger charge is 2.18. The van der Waals surface area contributed by atoms with Crippen molar-refractivity contribution in [1.29, 1.82) is 0 Å². The molecule has 0 saturated carbocycles. The fourth-order valence-corrected chi connectivity index (χ4v) is 2.63. The van der Waals surface area contributed by atoms with Gasteiger partial charge in [0, 0.05) is 30.9 Å². The molecule has 3 heteroatoms. The van der Waals surface area contributed by atoms with Gasteiger partial charge < -0.3 is 15.0 Å². The van der Waals surface area contributed by atoms with Crippen LogP contribution in [0.5, 0.6) is 5.75 Å². The molecule has 19 heavy (non-hydrogen) atoms. The van der Waals surface area contributed by atoms with Gasteiger partial charge in [0.05, 0.1) is 6.61 Å². The fourth-order valence-electron chi connectivity index (χ4n) is 2.63. The molecular weight excluding hydrogens is 236 g/mol. The molecular formula is C16H26N2O. The Morgan fingerprint density at radius 2 is 2.05 bits per heavy atom. The highest BCUT2D eigenvalue weighted by molar-refractivity contribution is 5.51. The van der Waals surface area contributed by atoms with Gasteiger partial charge in [0.15, 0.2) is 0 Å². The molecule has 1 saturated heterocycles. The minimum absolute atomic E-state index is 0.700. The number of piperidine rings is 1. The summed E-state index contributed by atoms with van der Waals surface area (Å²) in [4.78, 5) is 2.46. The van der Waals surface area contributed by atoms with Crippen molar-refractivity contribution in [1.82, 2.24) is 5.32 Å². The van der Waals surface area contributed by atoms with Gasteiger partial charge in [0.25, 0.3) is 0 Å². The standard InChI is InChI=1S/C16H26N2O/c1-3-10-17-14-8-11-18(12-9-14)15-6-5-7-16(13-15)19-4-2/h5-7,13-14,17H,3-4,8-12H2,1-2H3. The van der Waals surface area contributed by atoms with Crippen molar-refractivity contribution in [3.8, 4) is 5.75 Å². The summed E-state index contributed by atoms with van der Waals surface area (Å²) in [6, 6.07) is 9.15. The summed E-state index contributed by atoms with van der Waals surface area (Å²) < 4.78 is 5.57. The lowest BCUT2D eigenvalue weighted by Crippen LogP contribution is -2.42. The van der Waals surface area contributed by atoms with E-state index >= 15 is 0 Å². The van der Waals surface area contributed by atoms with Crippen molar-refractivity contribution in [3.63, 3.8) is 0 Å². The minimum atomic E-state index is 0.700. The van der Waals surface area contributed by atoms with E-state index in [2.05, 4.69) is 35.3 Å². The van der Waals surface area contributed by atoms with Crippen LogP contribution in [0, 0.1) is 0 Å². The number of rotatable bonds is 6. The monoisotopic (exact) mass is 262 g/mol. The van der Waals surface area contributed by atoms with E-state index in [4.69, 9.17) is 4.74 Å². The molecule has 0 amide bonds. The molecule has 0 unspecified atom stereocenters. The maximum absolute atomic E-state index is 5.57. The van der Waals surface area contributed by atoms with Crippen molar-refractivity contribution in [3.05, 3.63) is 24.3 Å². The summed E-state index contributed by atoms with van der Waals surface area (Å²) in [6.45, 7) is 8.39. The van der Waals surface area contributed by atoms with Crippen molar-refractivity contribution < 1.29 is 4.74 Å². The summed E-state index contributed by atoms with van der Waals surface area (Å²) in [7, 11) is 0. The zero-order valence-electron chi connectivity index (χ0n) is 12.2. The predicted octanol–water partition coefficient (Wildman–Crippen LogP) is 3.05. The Morgan fingerprint density at radius 3 is 2.74 bits per heavy atom. The zero-order chi connectivity index (χ0) is 13.5. The second kappa shape index (κ2) is 7.39. The van der Waals surface area contributed by atoms with Gasteiger partial charge in [-0.15, -0.1) is 0 Å². The van der Waals surface area contributed by atoms with Gasteiger partial charge in [-0.05, 0) is 44.9 Å².